The van der Waals surface area contributed by atoms with Crippen molar-refractivity contribution in [3.8, 4) is 11.5 Å². The maximum absolute atomic E-state index is 5.97. The Hall–Kier alpha value is -1.28. The Bertz CT molecular complexity index is 422. The minimum absolute atomic E-state index is 0.572. The van der Waals surface area contributed by atoms with Gasteiger partial charge in [0.2, 0.25) is 5.89 Å². The van der Waals surface area contributed by atoms with Gasteiger partial charge in [-0.3, -0.25) is 0 Å². The van der Waals surface area contributed by atoms with Gasteiger partial charge in [0, 0.05) is 0 Å². The zero-order chi connectivity index (χ0) is 9.26. The fourth-order valence-electron chi connectivity index (χ4n) is 1.11. The second kappa shape index (κ2) is 3.23. The van der Waals surface area contributed by atoms with Crippen molar-refractivity contribution in [2.45, 2.75) is 6.92 Å². The van der Waals surface area contributed by atoms with Crippen LogP contribution in [0.25, 0.3) is 11.5 Å². The van der Waals surface area contributed by atoms with Gasteiger partial charge in [-0.2, -0.15) is 0 Å². The summed E-state index contributed by atoms with van der Waals surface area (Å²) in [4.78, 5) is 4.10. The van der Waals surface area contributed by atoms with Crippen molar-refractivity contribution in [2.75, 3.05) is 0 Å². The number of aromatic nitrogens is 1. The van der Waals surface area contributed by atoms with Gasteiger partial charge < -0.3 is 4.42 Å². The summed E-state index contributed by atoms with van der Waals surface area (Å²) in [5.74, 6) is 1.36. The first kappa shape index (κ1) is 8.32. The van der Waals surface area contributed by atoms with E-state index in [4.69, 9.17) is 16.0 Å². The van der Waals surface area contributed by atoms with E-state index in [-0.39, 0.29) is 0 Å². The molecule has 0 fully saturated rings. The molecule has 0 bridgehead atoms. The number of aryl methyl sites for hydroxylation is 1. The van der Waals surface area contributed by atoms with E-state index in [0.717, 1.165) is 11.3 Å². The summed E-state index contributed by atoms with van der Waals surface area (Å²) >= 11 is 5.97. The minimum Gasteiger partial charge on any atom is -0.441 e. The van der Waals surface area contributed by atoms with E-state index >= 15 is 0 Å². The zero-order valence-electron chi connectivity index (χ0n) is 7.12. The molecule has 2 aromatic rings. The zero-order valence-corrected chi connectivity index (χ0v) is 7.88. The predicted octanol–water partition coefficient (Wildman–Crippen LogP) is 3.30. The Balaban J connectivity index is 2.52. The molecule has 0 aliphatic rings. The summed E-state index contributed by atoms with van der Waals surface area (Å²) in [5.41, 5.74) is 0.831. The second-order valence-corrected chi connectivity index (χ2v) is 3.16. The van der Waals surface area contributed by atoms with Crippen molar-refractivity contribution in [3.63, 3.8) is 0 Å². The molecule has 0 N–H and O–H groups in total. The lowest BCUT2D eigenvalue weighted by Crippen LogP contribution is -1.77. The number of halogens is 1. The molecule has 0 aliphatic carbocycles. The van der Waals surface area contributed by atoms with Crippen LogP contribution in [0.2, 0.25) is 5.02 Å². The molecule has 2 nitrogen and oxygen atoms in total. The van der Waals surface area contributed by atoms with E-state index < -0.39 is 0 Å². The largest absolute Gasteiger partial charge is 0.441 e. The number of hydrogen-bond acceptors (Lipinski definition) is 2. The topological polar surface area (TPSA) is 26.0 Å². The van der Waals surface area contributed by atoms with Gasteiger partial charge in [0.25, 0.3) is 0 Å². The quantitative estimate of drug-likeness (QED) is 0.695. The molecule has 0 atom stereocenters. The molecule has 1 aromatic heterocycles. The first-order valence-electron chi connectivity index (χ1n) is 3.95. The van der Waals surface area contributed by atoms with Gasteiger partial charge in [-0.05, 0) is 19.1 Å². The molecule has 1 aromatic carbocycles. The molecular weight excluding hydrogens is 186 g/mol. The smallest absolute Gasteiger partial charge is 0.227 e. The van der Waals surface area contributed by atoms with Gasteiger partial charge in [-0.25, -0.2) is 4.98 Å². The monoisotopic (exact) mass is 193 g/mol. The molecule has 0 saturated heterocycles. The molecule has 1 heterocycles. The van der Waals surface area contributed by atoms with Gasteiger partial charge in [0.1, 0.15) is 5.76 Å². The highest BCUT2D eigenvalue weighted by atomic mass is 35.5. The molecular formula is C10H8ClNO. The van der Waals surface area contributed by atoms with Gasteiger partial charge >= 0.3 is 0 Å². The minimum atomic E-state index is 0.572. The molecule has 2 rings (SSSR count). The van der Waals surface area contributed by atoms with Crippen LogP contribution in [0, 0.1) is 6.92 Å². The van der Waals surface area contributed by atoms with Gasteiger partial charge in [0.15, 0.2) is 0 Å². The normalized spacial score (nSPS) is 10.3. The molecule has 66 valence electrons. The average molecular weight is 194 g/mol. The first-order valence-corrected chi connectivity index (χ1v) is 4.32. The van der Waals surface area contributed by atoms with Crippen LogP contribution in [0.4, 0.5) is 0 Å². The molecule has 0 amide bonds. The molecule has 0 aliphatic heterocycles. The fourth-order valence-corrected chi connectivity index (χ4v) is 1.33. The molecule has 0 radical (unpaired) electrons. The van der Waals surface area contributed by atoms with Crippen LogP contribution in [0.1, 0.15) is 5.76 Å². The van der Waals surface area contributed by atoms with E-state index in [2.05, 4.69) is 4.98 Å². The van der Waals surface area contributed by atoms with E-state index in [9.17, 15) is 0 Å². The first-order chi connectivity index (χ1) is 6.27. The Kier molecular flexibility index (Phi) is 2.07. The molecule has 13 heavy (non-hydrogen) atoms. The van der Waals surface area contributed by atoms with Crippen LogP contribution in [0.15, 0.2) is 34.9 Å². The Morgan fingerprint density at radius 1 is 1.31 bits per heavy atom. The summed E-state index contributed by atoms with van der Waals surface area (Å²) in [5, 5.41) is 0.657. The van der Waals surface area contributed by atoms with Crippen molar-refractivity contribution < 1.29 is 4.42 Å². The van der Waals surface area contributed by atoms with Crippen LogP contribution >= 0.6 is 11.6 Å². The van der Waals surface area contributed by atoms with Crippen molar-refractivity contribution in [1.82, 2.24) is 4.98 Å². The summed E-state index contributed by atoms with van der Waals surface area (Å²) in [6.45, 7) is 1.85. The Labute approximate surface area is 81.2 Å². The highest BCUT2D eigenvalue weighted by molar-refractivity contribution is 6.33. The van der Waals surface area contributed by atoms with Gasteiger partial charge in [-0.1, -0.05) is 23.7 Å². The van der Waals surface area contributed by atoms with Crippen molar-refractivity contribution in [2.24, 2.45) is 0 Å². The maximum atomic E-state index is 5.97. The molecule has 3 heteroatoms. The molecule has 0 spiro atoms. The highest BCUT2D eigenvalue weighted by Gasteiger charge is 2.07. The molecule has 0 unspecified atom stereocenters. The lowest BCUT2D eigenvalue weighted by Gasteiger charge is -1.96. The summed E-state index contributed by atoms with van der Waals surface area (Å²) in [7, 11) is 0. The average Bonchev–Trinajstić information content (AvgIpc) is 2.53. The lowest BCUT2D eigenvalue weighted by atomic mass is 10.2. The van der Waals surface area contributed by atoms with E-state index in [0.29, 0.717) is 10.9 Å². The van der Waals surface area contributed by atoms with E-state index in [1.165, 1.54) is 0 Å². The van der Waals surface area contributed by atoms with Gasteiger partial charge in [-0.15, -0.1) is 0 Å². The molecule has 0 saturated carbocycles. The number of nitrogens with zero attached hydrogens (tertiary/aromatic N) is 1. The third kappa shape index (κ3) is 1.58. The van der Waals surface area contributed by atoms with E-state index in [1.54, 1.807) is 6.20 Å². The summed E-state index contributed by atoms with van der Waals surface area (Å²) < 4.78 is 5.35. The lowest BCUT2D eigenvalue weighted by molar-refractivity contribution is 0.542. The number of rotatable bonds is 1. The second-order valence-electron chi connectivity index (χ2n) is 2.76. The third-order valence-corrected chi connectivity index (χ3v) is 2.06. The van der Waals surface area contributed by atoms with E-state index in [1.807, 2.05) is 31.2 Å². The van der Waals surface area contributed by atoms with Crippen molar-refractivity contribution >= 4 is 11.6 Å². The number of benzene rings is 1. The number of oxazole rings is 1. The highest BCUT2D eigenvalue weighted by Crippen LogP contribution is 2.26. The Morgan fingerprint density at radius 3 is 2.69 bits per heavy atom. The Morgan fingerprint density at radius 2 is 2.08 bits per heavy atom. The van der Waals surface area contributed by atoms with Crippen LogP contribution in [-0.4, -0.2) is 4.98 Å². The fraction of sp³-hybridized carbons (Fsp3) is 0.100. The van der Waals surface area contributed by atoms with Gasteiger partial charge in [0.05, 0.1) is 16.8 Å². The van der Waals surface area contributed by atoms with Crippen molar-refractivity contribution in [3.05, 3.63) is 41.2 Å². The maximum Gasteiger partial charge on any atom is 0.227 e. The van der Waals surface area contributed by atoms with Crippen LogP contribution < -0.4 is 0 Å². The summed E-state index contributed by atoms with van der Waals surface area (Å²) in [6.07, 6.45) is 1.68. The van der Waals surface area contributed by atoms with Crippen LogP contribution in [0.3, 0.4) is 0 Å². The van der Waals surface area contributed by atoms with Crippen molar-refractivity contribution in [1.29, 1.82) is 0 Å². The number of hydrogen-bond donors (Lipinski definition) is 0. The SMILES string of the molecule is Cc1cnc(-c2ccccc2Cl)o1. The summed E-state index contributed by atoms with van der Waals surface area (Å²) in [6, 6.07) is 7.48. The standard InChI is InChI=1S/C10H8ClNO/c1-7-6-12-10(13-7)8-4-2-3-5-9(8)11/h2-6H,1H3. The predicted molar refractivity (Wildman–Crippen MR) is 51.7 cm³/mol. The van der Waals surface area contributed by atoms with Crippen LogP contribution in [0.5, 0.6) is 0 Å². The third-order valence-electron chi connectivity index (χ3n) is 1.73. The van der Waals surface area contributed by atoms with Crippen LogP contribution in [-0.2, 0) is 0 Å².